The predicted octanol–water partition coefficient (Wildman–Crippen LogP) is 2.17. The molecule has 0 spiro atoms. The summed E-state index contributed by atoms with van der Waals surface area (Å²) >= 11 is 1.86. The van der Waals surface area contributed by atoms with Crippen LogP contribution >= 0.6 is 11.8 Å². The highest BCUT2D eigenvalue weighted by molar-refractivity contribution is 8.00. The number of hydrogen-bond acceptors (Lipinski definition) is 3. The first-order valence-corrected chi connectivity index (χ1v) is 4.60. The van der Waals surface area contributed by atoms with Crippen molar-refractivity contribution in [3.05, 3.63) is 17.5 Å². The molecule has 0 radical (unpaired) electrons. The maximum absolute atomic E-state index is 4.27. The Balaban J connectivity index is 2.64. The summed E-state index contributed by atoms with van der Waals surface area (Å²) < 4.78 is 0. The van der Waals surface area contributed by atoms with Gasteiger partial charge in [0, 0.05) is 11.1 Å². The van der Waals surface area contributed by atoms with Crippen LogP contribution in [-0.4, -0.2) is 10.9 Å². The van der Waals surface area contributed by atoms with E-state index in [0.717, 1.165) is 11.6 Å². The topological polar surface area (TPSA) is 24.9 Å². The van der Waals surface area contributed by atoms with Gasteiger partial charge in [-0.15, -0.1) is 11.8 Å². The Morgan fingerprint density at radius 2 is 2.36 bits per heavy atom. The van der Waals surface area contributed by atoms with Gasteiger partial charge >= 0.3 is 0 Å². The van der Waals surface area contributed by atoms with Gasteiger partial charge in [-0.2, -0.15) is 0 Å². The second kappa shape index (κ2) is 2.41. The van der Waals surface area contributed by atoms with Crippen LogP contribution in [0.3, 0.4) is 0 Å². The molecule has 2 heterocycles. The summed E-state index contributed by atoms with van der Waals surface area (Å²) in [4.78, 5) is 5.65. The molecule has 0 aromatic carbocycles. The van der Waals surface area contributed by atoms with E-state index >= 15 is 0 Å². The normalized spacial score (nSPS) is 14.4. The number of thioether (sulfide) groups is 1. The van der Waals surface area contributed by atoms with E-state index in [-0.39, 0.29) is 0 Å². The van der Waals surface area contributed by atoms with Crippen LogP contribution in [0, 0.1) is 13.8 Å². The smallest absolute Gasteiger partial charge is 0.0704 e. The maximum atomic E-state index is 4.27. The van der Waals surface area contributed by atoms with Crippen molar-refractivity contribution in [1.82, 2.24) is 4.98 Å². The fourth-order valence-corrected chi connectivity index (χ4v) is 2.26. The number of rotatable bonds is 0. The monoisotopic (exact) mass is 166 g/mol. The molecule has 1 aliphatic heterocycles. The first-order chi connectivity index (χ1) is 5.29. The van der Waals surface area contributed by atoms with Crippen LogP contribution in [0.25, 0.3) is 0 Å². The predicted molar refractivity (Wildman–Crippen MR) is 48.1 cm³/mol. The number of nitrogens with zero attached hydrogens (tertiary/aromatic N) is 1. The van der Waals surface area contributed by atoms with Crippen LogP contribution in [0.1, 0.15) is 11.3 Å². The van der Waals surface area contributed by atoms with E-state index in [1.165, 1.54) is 16.1 Å². The van der Waals surface area contributed by atoms with Gasteiger partial charge in [0.15, 0.2) is 0 Å². The molecule has 0 atom stereocenters. The van der Waals surface area contributed by atoms with Crippen molar-refractivity contribution in [3.8, 4) is 0 Å². The number of anilines is 1. The molecule has 0 saturated carbocycles. The Morgan fingerprint density at radius 3 is 3.09 bits per heavy atom. The Kier molecular flexibility index (Phi) is 1.53. The summed E-state index contributed by atoms with van der Waals surface area (Å²) in [5.74, 6) is 0.989. The summed E-state index contributed by atoms with van der Waals surface area (Å²) in [6.07, 6.45) is 1.94. The molecule has 2 rings (SSSR count). The summed E-state index contributed by atoms with van der Waals surface area (Å²) in [5, 5.41) is 3.31. The third-order valence-electron chi connectivity index (χ3n) is 1.86. The van der Waals surface area contributed by atoms with Crippen molar-refractivity contribution in [1.29, 1.82) is 0 Å². The van der Waals surface area contributed by atoms with Crippen LogP contribution < -0.4 is 5.32 Å². The second-order valence-corrected chi connectivity index (χ2v) is 3.68. The Bertz CT molecular complexity index is 267. The van der Waals surface area contributed by atoms with Crippen molar-refractivity contribution >= 4 is 17.4 Å². The van der Waals surface area contributed by atoms with E-state index in [0.29, 0.717) is 0 Å². The van der Waals surface area contributed by atoms with E-state index in [1.807, 2.05) is 24.9 Å². The van der Waals surface area contributed by atoms with Crippen molar-refractivity contribution in [2.24, 2.45) is 0 Å². The van der Waals surface area contributed by atoms with Crippen molar-refractivity contribution in [2.75, 3.05) is 11.2 Å². The fraction of sp³-hybridized carbons (Fsp3) is 0.375. The van der Waals surface area contributed by atoms with Crippen LogP contribution in [0.2, 0.25) is 0 Å². The lowest BCUT2D eigenvalue weighted by atomic mass is 10.2. The zero-order chi connectivity index (χ0) is 7.84. The molecule has 0 bridgehead atoms. The maximum Gasteiger partial charge on any atom is 0.0704 e. The van der Waals surface area contributed by atoms with Crippen molar-refractivity contribution < 1.29 is 0 Å². The lowest BCUT2D eigenvalue weighted by Gasteiger charge is -2.03. The summed E-state index contributed by atoms with van der Waals surface area (Å²) in [5.41, 5.74) is 3.62. The highest BCUT2D eigenvalue weighted by atomic mass is 32.2. The Morgan fingerprint density at radius 1 is 1.55 bits per heavy atom. The number of nitrogens with one attached hydrogen (secondary N) is 1. The van der Waals surface area contributed by atoms with Crippen LogP contribution in [0.15, 0.2) is 11.1 Å². The molecule has 2 nitrogen and oxygen atoms in total. The molecule has 0 saturated heterocycles. The molecule has 1 aromatic rings. The van der Waals surface area contributed by atoms with Gasteiger partial charge in [0.1, 0.15) is 0 Å². The average Bonchev–Trinajstić information content (AvgIpc) is 2.45. The number of aromatic nitrogens is 1. The van der Waals surface area contributed by atoms with Gasteiger partial charge < -0.3 is 5.32 Å². The molecule has 58 valence electrons. The molecule has 1 N–H and O–H groups in total. The molecule has 0 aliphatic carbocycles. The molecular weight excluding hydrogens is 156 g/mol. The van der Waals surface area contributed by atoms with E-state index in [9.17, 15) is 0 Å². The standard InChI is InChI=1S/C8H10N2S/c1-5-3-9-6(2)7-8(5)11-4-10-7/h3,10H,4H2,1-2H3. The first-order valence-electron chi connectivity index (χ1n) is 3.62. The second-order valence-electron chi connectivity index (χ2n) is 2.70. The minimum Gasteiger partial charge on any atom is -0.373 e. The Labute approximate surface area is 70.4 Å². The van der Waals surface area contributed by atoms with Gasteiger partial charge in [-0.1, -0.05) is 0 Å². The average molecular weight is 166 g/mol. The Hall–Kier alpha value is -0.700. The van der Waals surface area contributed by atoms with Crippen LogP contribution in [-0.2, 0) is 0 Å². The van der Waals surface area contributed by atoms with Gasteiger partial charge in [0.2, 0.25) is 0 Å². The van der Waals surface area contributed by atoms with Gasteiger partial charge in [-0.25, -0.2) is 0 Å². The molecule has 3 heteroatoms. The largest absolute Gasteiger partial charge is 0.373 e. The van der Waals surface area contributed by atoms with Crippen molar-refractivity contribution in [2.45, 2.75) is 18.7 Å². The third-order valence-corrected chi connectivity index (χ3v) is 2.97. The number of aryl methyl sites for hydroxylation is 2. The fourth-order valence-electron chi connectivity index (χ4n) is 1.25. The van der Waals surface area contributed by atoms with Crippen LogP contribution in [0.4, 0.5) is 5.69 Å². The van der Waals surface area contributed by atoms with E-state index in [1.54, 1.807) is 0 Å². The zero-order valence-electron chi connectivity index (χ0n) is 6.64. The molecule has 0 amide bonds. The quantitative estimate of drug-likeness (QED) is 0.639. The number of fused-ring (bicyclic) bond motifs is 1. The van der Waals surface area contributed by atoms with Gasteiger partial charge in [-0.05, 0) is 19.4 Å². The molecular formula is C8H10N2S. The van der Waals surface area contributed by atoms with Gasteiger partial charge in [0.05, 0.1) is 17.3 Å². The SMILES string of the molecule is Cc1cnc(C)c2c1SCN2. The minimum atomic E-state index is 0.989. The first kappa shape index (κ1) is 6.98. The summed E-state index contributed by atoms with van der Waals surface area (Å²) in [6, 6.07) is 0. The lowest BCUT2D eigenvalue weighted by molar-refractivity contribution is 1.12. The zero-order valence-corrected chi connectivity index (χ0v) is 7.46. The third kappa shape index (κ3) is 0.997. The van der Waals surface area contributed by atoms with E-state index < -0.39 is 0 Å². The minimum absolute atomic E-state index is 0.989. The summed E-state index contributed by atoms with van der Waals surface area (Å²) in [6.45, 7) is 4.14. The molecule has 0 fully saturated rings. The molecule has 1 aromatic heterocycles. The lowest BCUT2D eigenvalue weighted by Crippen LogP contribution is -1.94. The van der Waals surface area contributed by atoms with E-state index in [4.69, 9.17) is 0 Å². The molecule has 1 aliphatic rings. The van der Waals surface area contributed by atoms with E-state index in [2.05, 4.69) is 17.2 Å². The highest BCUT2D eigenvalue weighted by Gasteiger charge is 2.15. The highest BCUT2D eigenvalue weighted by Crippen LogP contribution is 2.37. The van der Waals surface area contributed by atoms with Crippen LogP contribution in [0.5, 0.6) is 0 Å². The van der Waals surface area contributed by atoms with Crippen molar-refractivity contribution in [3.63, 3.8) is 0 Å². The number of hydrogen-bond donors (Lipinski definition) is 1. The van der Waals surface area contributed by atoms with Gasteiger partial charge in [-0.3, -0.25) is 4.98 Å². The molecule has 0 unspecified atom stereocenters. The number of pyridine rings is 1. The summed E-state index contributed by atoms with van der Waals surface area (Å²) in [7, 11) is 0. The molecule has 11 heavy (non-hydrogen) atoms. The van der Waals surface area contributed by atoms with Gasteiger partial charge in [0.25, 0.3) is 0 Å².